The number of likely N-dealkylation sites (N-methyl/N-ethyl adjacent to an activating group) is 1. The monoisotopic (exact) mass is 464 g/mol. The Kier molecular flexibility index (Phi) is 7.34. The van der Waals surface area contributed by atoms with Crippen LogP contribution >= 0.6 is 0 Å². The highest BCUT2D eigenvalue weighted by molar-refractivity contribution is 5.85. The van der Waals surface area contributed by atoms with E-state index in [9.17, 15) is 10.1 Å². The zero-order valence-corrected chi connectivity index (χ0v) is 20.0. The van der Waals surface area contributed by atoms with E-state index in [2.05, 4.69) is 11.4 Å². The number of carbonyl (C=O) groups excluding carboxylic acids is 1. The second kappa shape index (κ2) is 10.2. The Morgan fingerprint density at radius 2 is 1.82 bits per heavy atom. The van der Waals surface area contributed by atoms with Gasteiger partial charge in [0.25, 0.3) is 5.91 Å². The Labute approximate surface area is 201 Å². The molecule has 1 amide bonds. The predicted octanol–water partition coefficient (Wildman–Crippen LogP) is 3.85. The maximum absolute atomic E-state index is 13.4. The summed E-state index contributed by atoms with van der Waals surface area (Å²) in [4.78, 5) is 13.4. The van der Waals surface area contributed by atoms with Gasteiger partial charge >= 0.3 is 0 Å². The minimum Gasteiger partial charge on any atom is -0.371 e. The van der Waals surface area contributed by atoms with E-state index in [1.165, 1.54) is 0 Å². The van der Waals surface area contributed by atoms with E-state index in [-0.39, 0.29) is 24.7 Å². The second-order valence-corrected chi connectivity index (χ2v) is 9.29. The Hall–Kier alpha value is -2.76. The first-order valence-electron chi connectivity index (χ1n) is 11.8. The average Bonchev–Trinajstić information content (AvgIpc) is 3.15. The number of hydrogen-bond donors (Lipinski definition) is 1. The molecule has 180 valence electrons. The lowest BCUT2D eigenvalue weighted by molar-refractivity contribution is -0.183. The molecule has 7 nitrogen and oxygen atoms in total. The van der Waals surface area contributed by atoms with Gasteiger partial charge in [0, 0.05) is 19.4 Å². The number of hydrogen-bond acceptors (Lipinski definition) is 6. The molecule has 1 heterocycles. The van der Waals surface area contributed by atoms with Crippen molar-refractivity contribution in [3.8, 4) is 6.07 Å². The van der Waals surface area contributed by atoms with Crippen molar-refractivity contribution in [2.45, 2.75) is 76.5 Å². The highest BCUT2D eigenvalue weighted by atomic mass is 16.8. The molecule has 1 saturated carbocycles. The second-order valence-electron chi connectivity index (χ2n) is 9.29. The molecule has 2 aromatic carbocycles. The van der Waals surface area contributed by atoms with Crippen molar-refractivity contribution in [3.05, 3.63) is 71.3 Å². The highest BCUT2D eigenvalue weighted by Crippen LogP contribution is 2.44. The summed E-state index contributed by atoms with van der Waals surface area (Å²) in [7, 11) is 0. The lowest BCUT2D eigenvalue weighted by atomic mass is 9.78. The molecule has 0 radical (unpaired) electrons. The largest absolute Gasteiger partial charge is 0.371 e. The molecule has 2 aromatic rings. The minimum absolute atomic E-state index is 0.133. The van der Waals surface area contributed by atoms with Gasteiger partial charge in [0.05, 0.1) is 37.1 Å². The normalized spacial score (nSPS) is 27.5. The molecule has 0 spiro atoms. The fraction of sp³-hybridized carbons (Fsp3) is 0.481. The van der Waals surface area contributed by atoms with Crippen LogP contribution in [-0.2, 0) is 37.0 Å². The van der Waals surface area contributed by atoms with E-state index in [1.807, 2.05) is 69.3 Å². The van der Waals surface area contributed by atoms with E-state index < -0.39 is 17.5 Å². The summed E-state index contributed by atoms with van der Waals surface area (Å²) in [5.74, 6) is -0.987. The van der Waals surface area contributed by atoms with Gasteiger partial charge in [-0.3, -0.25) is 4.79 Å². The van der Waals surface area contributed by atoms with Crippen molar-refractivity contribution >= 4 is 5.91 Å². The number of carbonyl (C=O) groups is 1. The third-order valence-corrected chi connectivity index (χ3v) is 6.35. The molecule has 0 aromatic heterocycles. The average molecular weight is 465 g/mol. The van der Waals surface area contributed by atoms with Gasteiger partial charge in [0.15, 0.2) is 11.4 Å². The first-order valence-corrected chi connectivity index (χ1v) is 11.8. The highest BCUT2D eigenvalue weighted by Gasteiger charge is 2.58. The lowest BCUT2D eigenvalue weighted by Gasteiger charge is -2.43. The smallest absolute Gasteiger partial charge is 0.252 e. The lowest BCUT2D eigenvalue weighted by Crippen LogP contribution is -2.60. The van der Waals surface area contributed by atoms with Crippen LogP contribution in [-0.4, -0.2) is 42.2 Å². The van der Waals surface area contributed by atoms with Crippen LogP contribution in [0.1, 0.15) is 50.3 Å². The first-order chi connectivity index (χ1) is 16.4. The number of nitrogens with one attached hydrogen (secondary N) is 1. The summed E-state index contributed by atoms with van der Waals surface area (Å²) in [6.45, 7) is 6.62. The minimum atomic E-state index is -1.18. The number of nitrogens with zero attached hydrogens (tertiary/aromatic N) is 1. The molecule has 4 atom stereocenters. The SMILES string of the molecule is CCNC(=O)[C@@]1(OCc2ccccc2C#N)C[C@H](OCc2ccccc2)[C@@H]2OC(C)(C)O[C@@H]2C1. The molecular formula is C27H32N2O5. The molecule has 2 aliphatic rings. The number of benzene rings is 2. The number of nitriles is 1. The van der Waals surface area contributed by atoms with Crippen molar-refractivity contribution in [1.29, 1.82) is 5.26 Å². The van der Waals surface area contributed by atoms with Gasteiger partial charge in [-0.1, -0.05) is 48.5 Å². The van der Waals surface area contributed by atoms with Crippen molar-refractivity contribution < 1.29 is 23.7 Å². The molecule has 2 fully saturated rings. The summed E-state index contributed by atoms with van der Waals surface area (Å²) in [5.41, 5.74) is 1.13. The molecule has 7 heteroatoms. The van der Waals surface area contributed by atoms with Crippen LogP contribution in [0.2, 0.25) is 0 Å². The van der Waals surface area contributed by atoms with Gasteiger partial charge in [0.1, 0.15) is 6.10 Å². The summed E-state index contributed by atoms with van der Waals surface area (Å²) >= 11 is 0. The maximum atomic E-state index is 13.4. The van der Waals surface area contributed by atoms with E-state index in [0.717, 1.165) is 11.1 Å². The molecule has 0 bridgehead atoms. The Morgan fingerprint density at radius 1 is 1.09 bits per heavy atom. The molecule has 1 saturated heterocycles. The molecule has 0 unspecified atom stereocenters. The van der Waals surface area contributed by atoms with Crippen LogP contribution in [0.4, 0.5) is 0 Å². The van der Waals surface area contributed by atoms with Crippen molar-refractivity contribution in [3.63, 3.8) is 0 Å². The first kappa shape index (κ1) is 24.4. The third kappa shape index (κ3) is 5.31. The van der Waals surface area contributed by atoms with Gasteiger partial charge in [-0.2, -0.15) is 5.26 Å². The van der Waals surface area contributed by atoms with Gasteiger partial charge in [-0.15, -0.1) is 0 Å². The molecule has 4 rings (SSSR count). The van der Waals surface area contributed by atoms with Crippen molar-refractivity contribution in [1.82, 2.24) is 5.32 Å². The van der Waals surface area contributed by atoms with Crippen LogP contribution in [0.5, 0.6) is 0 Å². The maximum Gasteiger partial charge on any atom is 0.252 e. The molecule has 34 heavy (non-hydrogen) atoms. The van der Waals surface area contributed by atoms with Gasteiger partial charge < -0.3 is 24.3 Å². The predicted molar refractivity (Wildman–Crippen MR) is 125 cm³/mol. The molecule has 1 aliphatic heterocycles. The summed E-state index contributed by atoms with van der Waals surface area (Å²) in [6, 6.07) is 19.4. The topological polar surface area (TPSA) is 89.8 Å². The quantitative estimate of drug-likeness (QED) is 0.638. The van der Waals surface area contributed by atoms with E-state index >= 15 is 0 Å². The van der Waals surface area contributed by atoms with E-state index in [1.54, 1.807) is 6.07 Å². The van der Waals surface area contributed by atoms with Crippen molar-refractivity contribution in [2.75, 3.05) is 6.54 Å². The Balaban J connectivity index is 1.61. The van der Waals surface area contributed by atoms with Crippen LogP contribution in [0.3, 0.4) is 0 Å². The molecule has 1 aliphatic carbocycles. The van der Waals surface area contributed by atoms with Crippen LogP contribution in [0, 0.1) is 11.3 Å². The van der Waals surface area contributed by atoms with Crippen molar-refractivity contribution in [2.24, 2.45) is 0 Å². The zero-order chi connectivity index (χ0) is 24.2. The van der Waals surface area contributed by atoms with Gasteiger partial charge in [-0.05, 0) is 38.0 Å². The molecular weight excluding hydrogens is 432 g/mol. The fourth-order valence-electron chi connectivity index (χ4n) is 4.78. The summed E-state index contributed by atoms with van der Waals surface area (Å²) in [6.07, 6.45) is -0.419. The van der Waals surface area contributed by atoms with E-state index in [4.69, 9.17) is 18.9 Å². The third-order valence-electron chi connectivity index (χ3n) is 6.35. The zero-order valence-electron chi connectivity index (χ0n) is 20.0. The number of rotatable bonds is 8. The van der Waals surface area contributed by atoms with Crippen LogP contribution in [0.15, 0.2) is 54.6 Å². The standard InChI is InChI=1S/C27H32N2O5/c1-4-29-25(30)27(32-18-21-13-9-8-12-20(21)16-28)14-22(31-17-19-10-6-5-7-11-19)24-23(15-27)33-26(2,3)34-24/h5-13,22-24H,4,14-15,17-18H2,1-3H3,(H,29,30)/t22-,23+,24-,27+/m0/s1. The van der Waals surface area contributed by atoms with Crippen LogP contribution in [0.25, 0.3) is 0 Å². The fourth-order valence-corrected chi connectivity index (χ4v) is 4.78. The number of amides is 1. The van der Waals surface area contributed by atoms with E-state index in [0.29, 0.717) is 31.6 Å². The van der Waals surface area contributed by atoms with Gasteiger partial charge in [-0.25, -0.2) is 0 Å². The Morgan fingerprint density at radius 3 is 2.56 bits per heavy atom. The number of ether oxygens (including phenoxy) is 4. The summed E-state index contributed by atoms with van der Waals surface area (Å²) < 4.78 is 25.1. The van der Waals surface area contributed by atoms with Crippen LogP contribution < -0.4 is 5.32 Å². The number of fused-ring (bicyclic) bond motifs is 1. The van der Waals surface area contributed by atoms with Gasteiger partial charge in [0.2, 0.25) is 0 Å². The Bertz CT molecular complexity index is 1030. The summed E-state index contributed by atoms with van der Waals surface area (Å²) in [5, 5.41) is 12.4. The molecule has 1 N–H and O–H groups in total.